The number of benzene rings is 2. The maximum atomic E-state index is 12.8. The first-order chi connectivity index (χ1) is 13.1. The molecule has 0 radical (unpaired) electrons. The first-order valence-electron chi connectivity index (χ1n) is 8.65. The average Bonchev–Trinajstić information content (AvgIpc) is 2.59. The zero-order valence-electron chi connectivity index (χ0n) is 16.2. The Morgan fingerprint density at radius 3 is 2.43 bits per heavy atom. The average molecular weight is 405 g/mol. The van der Waals surface area contributed by atoms with Crippen molar-refractivity contribution in [2.45, 2.75) is 38.7 Å². The number of aryl methyl sites for hydroxylation is 2. The van der Waals surface area contributed by atoms with Crippen LogP contribution in [-0.2, 0) is 24.3 Å². The molecular weight excluding hydrogens is 382 g/mol. The highest BCUT2D eigenvalue weighted by Crippen LogP contribution is 2.22. The van der Waals surface area contributed by atoms with E-state index in [1.165, 1.54) is 18.2 Å². The summed E-state index contributed by atoms with van der Waals surface area (Å²) in [7, 11) is -3.91. The summed E-state index contributed by atoms with van der Waals surface area (Å²) >= 11 is 0. The SMILES string of the molecule is Cc1cccc(NS(=O)(=O)c2cc(C(=O)OCC(=O)OC(C)C)ccc2C)c1. The minimum Gasteiger partial charge on any atom is -0.460 e. The van der Waals surface area contributed by atoms with Gasteiger partial charge in [0.1, 0.15) is 0 Å². The van der Waals surface area contributed by atoms with Crippen LogP contribution in [-0.4, -0.2) is 33.1 Å². The summed E-state index contributed by atoms with van der Waals surface area (Å²) in [6, 6.07) is 11.1. The smallest absolute Gasteiger partial charge is 0.344 e. The summed E-state index contributed by atoms with van der Waals surface area (Å²) in [5.41, 5.74) is 1.81. The second-order valence-electron chi connectivity index (χ2n) is 6.57. The topological polar surface area (TPSA) is 98.8 Å². The van der Waals surface area contributed by atoms with Crippen LogP contribution in [0.2, 0.25) is 0 Å². The molecule has 2 aromatic carbocycles. The van der Waals surface area contributed by atoms with E-state index < -0.39 is 28.6 Å². The van der Waals surface area contributed by atoms with Gasteiger partial charge in [0.25, 0.3) is 10.0 Å². The van der Waals surface area contributed by atoms with Gasteiger partial charge in [0.15, 0.2) is 6.61 Å². The number of anilines is 1. The molecule has 0 aliphatic carbocycles. The number of ether oxygens (including phenoxy) is 2. The quantitative estimate of drug-likeness (QED) is 0.710. The lowest BCUT2D eigenvalue weighted by atomic mass is 10.1. The van der Waals surface area contributed by atoms with E-state index >= 15 is 0 Å². The number of hydrogen-bond donors (Lipinski definition) is 1. The first-order valence-corrected chi connectivity index (χ1v) is 10.1. The molecule has 0 atom stereocenters. The van der Waals surface area contributed by atoms with Gasteiger partial charge in [-0.25, -0.2) is 18.0 Å². The van der Waals surface area contributed by atoms with Gasteiger partial charge in [-0.1, -0.05) is 18.2 Å². The van der Waals surface area contributed by atoms with Crippen LogP contribution in [0.25, 0.3) is 0 Å². The Bertz CT molecular complexity index is 982. The highest BCUT2D eigenvalue weighted by Gasteiger charge is 2.20. The molecule has 0 amide bonds. The van der Waals surface area contributed by atoms with E-state index in [-0.39, 0.29) is 16.6 Å². The van der Waals surface area contributed by atoms with Crippen molar-refractivity contribution in [2.24, 2.45) is 0 Å². The van der Waals surface area contributed by atoms with E-state index in [2.05, 4.69) is 4.72 Å². The molecule has 0 aliphatic rings. The van der Waals surface area contributed by atoms with Gasteiger partial charge < -0.3 is 9.47 Å². The third-order valence-corrected chi connectivity index (χ3v) is 5.20. The molecule has 2 rings (SSSR count). The number of carbonyl (C=O) groups is 2. The third kappa shape index (κ3) is 5.82. The van der Waals surface area contributed by atoms with Crippen molar-refractivity contribution in [3.63, 3.8) is 0 Å². The molecule has 0 unspecified atom stereocenters. The lowest BCUT2D eigenvalue weighted by molar-refractivity contribution is -0.150. The van der Waals surface area contributed by atoms with Gasteiger partial charge in [0, 0.05) is 5.69 Å². The van der Waals surface area contributed by atoms with Crippen molar-refractivity contribution in [1.29, 1.82) is 0 Å². The van der Waals surface area contributed by atoms with E-state index in [1.54, 1.807) is 39.0 Å². The van der Waals surface area contributed by atoms with Crippen LogP contribution in [0.3, 0.4) is 0 Å². The third-order valence-electron chi connectivity index (χ3n) is 3.67. The van der Waals surface area contributed by atoms with Crippen LogP contribution in [0.5, 0.6) is 0 Å². The molecule has 2 aromatic rings. The largest absolute Gasteiger partial charge is 0.460 e. The number of esters is 2. The van der Waals surface area contributed by atoms with E-state index in [0.717, 1.165) is 5.56 Å². The highest BCUT2D eigenvalue weighted by atomic mass is 32.2. The molecule has 0 aliphatic heterocycles. The van der Waals surface area contributed by atoms with Crippen molar-refractivity contribution in [1.82, 2.24) is 0 Å². The van der Waals surface area contributed by atoms with Gasteiger partial charge >= 0.3 is 11.9 Å². The summed E-state index contributed by atoms with van der Waals surface area (Å²) in [4.78, 5) is 23.6. The number of sulfonamides is 1. The standard InChI is InChI=1S/C20H23NO6S/c1-13(2)27-19(22)12-26-20(23)16-9-8-15(4)18(11-16)28(24,25)21-17-7-5-6-14(3)10-17/h5-11,13,21H,12H2,1-4H3. The second kappa shape index (κ2) is 8.88. The molecule has 28 heavy (non-hydrogen) atoms. The minimum atomic E-state index is -3.91. The van der Waals surface area contributed by atoms with Gasteiger partial charge in [0.2, 0.25) is 0 Å². The molecule has 1 N–H and O–H groups in total. The molecule has 0 heterocycles. The molecular formula is C20H23NO6S. The minimum absolute atomic E-state index is 0.0209. The second-order valence-corrected chi connectivity index (χ2v) is 8.22. The van der Waals surface area contributed by atoms with Gasteiger partial charge in [0.05, 0.1) is 16.6 Å². The Hall–Kier alpha value is -2.87. The molecule has 7 nitrogen and oxygen atoms in total. The lowest BCUT2D eigenvalue weighted by Crippen LogP contribution is -2.20. The number of hydrogen-bond acceptors (Lipinski definition) is 6. The number of carbonyl (C=O) groups excluding carboxylic acids is 2. The summed E-state index contributed by atoms with van der Waals surface area (Å²) < 4.78 is 37.8. The van der Waals surface area contributed by atoms with Crippen molar-refractivity contribution in [2.75, 3.05) is 11.3 Å². The normalized spacial score (nSPS) is 11.2. The summed E-state index contributed by atoms with van der Waals surface area (Å²) in [6.07, 6.45) is -0.324. The Kier molecular flexibility index (Phi) is 6.80. The molecule has 0 saturated heterocycles. The summed E-state index contributed by atoms with van der Waals surface area (Å²) in [6.45, 7) is 6.29. The van der Waals surface area contributed by atoms with Crippen molar-refractivity contribution in [3.8, 4) is 0 Å². The fourth-order valence-electron chi connectivity index (χ4n) is 2.44. The molecule has 0 saturated carbocycles. The van der Waals surface area contributed by atoms with Crippen molar-refractivity contribution < 1.29 is 27.5 Å². The van der Waals surface area contributed by atoms with E-state index in [1.807, 2.05) is 13.0 Å². The van der Waals surface area contributed by atoms with Gasteiger partial charge in [-0.2, -0.15) is 0 Å². The Morgan fingerprint density at radius 2 is 1.79 bits per heavy atom. The molecule has 8 heteroatoms. The van der Waals surface area contributed by atoms with E-state index in [4.69, 9.17) is 9.47 Å². The van der Waals surface area contributed by atoms with Crippen LogP contribution < -0.4 is 4.72 Å². The van der Waals surface area contributed by atoms with Gasteiger partial charge in [-0.05, 0) is 63.1 Å². The van der Waals surface area contributed by atoms with Crippen LogP contribution >= 0.6 is 0 Å². The zero-order valence-corrected chi connectivity index (χ0v) is 17.0. The van der Waals surface area contributed by atoms with Crippen molar-refractivity contribution >= 4 is 27.6 Å². The first kappa shape index (κ1) is 21.4. The maximum absolute atomic E-state index is 12.8. The van der Waals surface area contributed by atoms with Crippen molar-refractivity contribution in [3.05, 3.63) is 59.2 Å². The molecule has 0 fully saturated rings. The Morgan fingerprint density at radius 1 is 1.07 bits per heavy atom. The fraction of sp³-hybridized carbons (Fsp3) is 0.300. The summed E-state index contributed by atoms with van der Waals surface area (Å²) in [5.74, 6) is -1.49. The van der Waals surface area contributed by atoms with Gasteiger partial charge in [-0.15, -0.1) is 0 Å². The van der Waals surface area contributed by atoms with E-state index in [0.29, 0.717) is 11.3 Å². The molecule has 0 bridgehead atoms. The Labute approximate surface area is 164 Å². The van der Waals surface area contributed by atoms with Gasteiger partial charge in [-0.3, -0.25) is 4.72 Å². The zero-order chi connectivity index (χ0) is 20.9. The van der Waals surface area contributed by atoms with Crippen LogP contribution in [0.15, 0.2) is 47.4 Å². The maximum Gasteiger partial charge on any atom is 0.344 e. The molecule has 0 spiro atoms. The van der Waals surface area contributed by atoms with Crippen LogP contribution in [0, 0.1) is 13.8 Å². The molecule has 0 aromatic heterocycles. The predicted molar refractivity (Wildman–Crippen MR) is 105 cm³/mol. The van der Waals surface area contributed by atoms with E-state index in [9.17, 15) is 18.0 Å². The fourth-order valence-corrected chi connectivity index (χ4v) is 3.76. The molecule has 150 valence electrons. The lowest BCUT2D eigenvalue weighted by Gasteiger charge is -2.12. The number of rotatable bonds is 7. The van der Waals surface area contributed by atoms with Crippen LogP contribution in [0.4, 0.5) is 5.69 Å². The monoisotopic (exact) mass is 405 g/mol. The number of nitrogens with one attached hydrogen (secondary N) is 1. The Balaban J connectivity index is 2.20. The predicted octanol–water partition coefficient (Wildman–Crippen LogP) is 3.21. The summed E-state index contributed by atoms with van der Waals surface area (Å²) in [5, 5.41) is 0. The highest BCUT2D eigenvalue weighted by molar-refractivity contribution is 7.92. The van der Waals surface area contributed by atoms with Crippen LogP contribution in [0.1, 0.15) is 35.3 Å².